The zero-order chi connectivity index (χ0) is 23.4. The number of fused-ring (bicyclic) bond motifs is 2. The van der Waals surface area contributed by atoms with Crippen molar-refractivity contribution in [1.82, 2.24) is 29.5 Å². The monoisotopic (exact) mass is 463 g/mol. The van der Waals surface area contributed by atoms with Gasteiger partial charge in [-0.25, -0.2) is 9.97 Å². The summed E-state index contributed by atoms with van der Waals surface area (Å²) in [4.78, 5) is 22.3. The van der Waals surface area contributed by atoms with Gasteiger partial charge in [-0.3, -0.25) is 4.79 Å². The molecular weight excluding hydrogens is 438 g/mol. The van der Waals surface area contributed by atoms with Crippen LogP contribution in [-0.4, -0.2) is 78.8 Å². The average molecular weight is 463 g/mol. The first-order valence-electron chi connectivity index (χ1n) is 11.3. The summed E-state index contributed by atoms with van der Waals surface area (Å²) < 4.78 is 8.96. The van der Waals surface area contributed by atoms with Crippen molar-refractivity contribution < 1.29 is 19.7 Å². The molecule has 0 radical (unpaired) electrons. The maximum absolute atomic E-state index is 12.9. The first kappa shape index (κ1) is 21.0. The Balaban J connectivity index is 1.41. The quantitative estimate of drug-likeness (QED) is 0.343. The Morgan fingerprint density at radius 3 is 2.76 bits per heavy atom. The summed E-state index contributed by atoms with van der Waals surface area (Å²) >= 11 is 0. The highest BCUT2D eigenvalue weighted by Gasteiger charge is 2.32. The van der Waals surface area contributed by atoms with E-state index in [1.165, 1.54) is 6.20 Å². The third-order valence-electron chi connectivity index (χ3n) is 6.78. The fraction of sp³-hybridized carbons (Fsp3) is 0.391. The van der Waals surface area contributed by atoms with Crippen LogP contribution in [0, 0.1) is 0 Å². The molecule has 4 N–H and O–H groups in total. The molecule has 176 valence electrons. The lowest BCUT2D eigenvalue weighted by molar-refractivity contribution is 0.0448. The Morgan fingerprint density at radius 2 is 2.06 bits per heavy atom. The Morgan fingerprint density at radius 1 is 1.18 bits per heavy atom. The minimum Gasteiger partial charge on any atom is -0.391 e. The highest BCUT2D eigenvalue weighted by Crippen LogP contribution is 2.36. The predicted octanol–water partition coefficient (Wildman–Crippen LogP) is 0.925. The van der Waals surface area contributed by atoms with E-state index in [0.717, 1.165) is 23.4 Å². The fourth-order valence-corrected chi connectivity index (χ4v) is 4.66. The zero-order valence-corrected chi connectivity index (χ0v) is 18.5. The lowest BCUT2D eigenvalue weighted by Crippen LogP contribution is -2.50. The summed E-state index contributed by atoms with van der Waals surface area (Å²) in [7, 11) is 1.78. The summed E-state index contributed by atoms with van der Waals surface area (Å²) in [6.45, 7) is 0.723. The van der Waals surface area contributed by atoms with Gasteiger partial charge in [0.15, 0.2) is 5.65 Å². The summed E-state index contributed by atoms with van der Waals surface area (Å²) in [6, 6.07) is 5.28. The van der Waals surface area contributed by atoms with Crippen LogP contribution in [0.5, 0.6) is 0 Å². The second-order valence-electron chi connectivity index (χ2n) is 8.79. The van der Waals surface area contributed by atoms with Crippen molar-refractivity contribution in [2.75, 3.05) is 25.6 Å². The van der Waals surface area contributed by atoms with Crippen molar-refractivity contribution in [3.63, 3.8) is 0 Å². The lowest BCUT2D eigenvalue weighted by atomic mass is 9.89. The molecule has 0 aromatic carbocycles. The van der Waals surface area contributed by atoms with Crippen LogP contribution in [0.25, 0.3) is 28.3 Å². The number of carbonyl (C=O) groups excluding carboxylic acids is 1. The molecule has 34 heavy (non-hydrogen) atoms. The molecule has 0 spiro atoms. The van der Waals surface area contributed by atoms with Crippen molar-refractivity contribution in [2.45, 2.75) is 37.1 Å². The van der Waals surface area contributed by atoms with E-state index in [1.807, 2.05) is 29.0 Å². The van der Waals surface area contributed by atoms with Crippen LogP contribution in [0.3, 0.4) is 0 Å². The number of rotatable bonds is 5. The first-order valence-corrected chi connectivity index (χ1v) is 11.3. The standard InChI is InChI=1S/C23H25N7O4/c1-24-20-7-16(27-22-14(9-26-30(20)22)23(33)28-15-4-5-18(15)31)13-8-25-21-12(13)3-2-6-29(21)17-10-34-11-19(17)32/h2-3,6-9,15,17-19,24,31-32H,4-5,10-11H2,1H3,(H,28,33)/t15-,17-,18+,19-/m0/s1. The molecule has 4 atom stereocenters. The molecule has 0 unspecified atom stereocenters. The van der Waals surface area contributed by atoms with E-state index in [9.17, 15) is 15.0 Å². The van der Waals surface area contributed by atoms with Crippen molar-refractivity contribution in [1.29, 1.82) is 0 Å². The number of ether oxygens (including phenoxy) is 1. The second kappa shape index (κ2) is 8.05. The van der Waals surface area contributed by atoms with Gasteiger partial charge in [-0.2, -0.15) is 9.61 Å². The van der Waals surface area contributed by atoms with Gasteiger partial charge in [0.25, 0.3) is 5.91 Å². The highest BCUT2D eigenvalue weighted by atomic mass is 16.5. The molecule has 2 aromatic rings. The topological polar surface area (TPSA) is 139 Å². The minimum atomic E-state index is -0.594. The van der Waals surface area contributed by atoms with Crippen LogP contribution in [0.15, 0.2) is 36.8 Å². The summed E-state index contributed by atoms with van der Waals surface area (Å²) in [6.07, 6.45) is 5.46. The van der Waals surface area contributed by atoms with Crippen molar-refractivity contribution >= 4 is 17.4 Å². The van der Waals surface area contributed by atoms with Gasteiger partial charge in [0.05, 0.1) is 43.3 Å². The summed E-state index contributed by atoms with van der Waals surface area (Å²) in [5, 5.41) is 30.5. The Bertz CT molecular complexity index is 1350. The Hall–Kier alpha value is -3.54. The van der Waals surface area contributed by atoms with Crippen LogP contribution < -0.4 is 10.6 Å². The molecule has 3 aliphatic heterocycles. The van der Waals surface area contributed by atoms with E-state index in [0.29, 0.717) is 42.4 Å². The number of carbonyl (C=O) groups is 1. The molecule has 6 rings (SSSR count). The van der Waals surface area contributed by atoms with Crippen molar-refractivity contribution in [3.05, 3.63) is 42.4 Å². The number of hydrogen-bond acceptors (Lipinski definition) is 8. The largest absolute Gasteiger partial charge is 0.391 e. The number of pyridine rings is 1. The Kier molecular flexibility index (Phi) is 4.97. The van der Waals surface area contributed by atoms with Crippen molar-refractivity contribution in [2.24, 2.45) is 0 Å². The number of aliphatic hydroxyl groups excluding tert-OH is 2. The number of amides is 1. The van der Waals surface area contributed by atoms with Gasteiger partial charge < -0.3 is 30.2 Å². The van der Waals surface area contributed by atoms with E-state index in [2.05, 4.69) is 20.7 Å². The van der Waals surface area contributed by atoms with Crippen molar-refractivity contribution in [3.8, 4) is 22.6 Å². The molecule has 11 nitrogen and oxygen atoms in total. The molecule has 5 heterocycles. The third kappa shape index (κ3) is 3.23. The molecule has 1 saturated heterocycles. The first-order chi connectivity index (χ1) is 16.5. The smallest absolute Gasteiger partial charge is 0.257 e. The van der Waals surface area contributed by atoms with Crippen LogP contribution in [0.1, 0.15) is 29.2 Å². The molecule has 2 fully saturated rings. The van der Waals surface area contributed by atoms with E-state index in [4.69, 9.17) is 9.72 Å². The summed E-state index contributed by atoms with van der Waals surface area (Å²) in [5.74, 6) is 1.08. The van der Waals surface area contributed by atoms with Gasteiger partial charge >= 0.3 is 0 Å². The number of aromatic nitrogens is 5. The second-order valence-corrected chi connectivity index (χ2v) is 8.79. The van der Waals surface area contributed by atoms with E-state index in [1.54, 1.807) is 17.8 Å². The molecule has 11 heteroatoms. The molecule has 1 aliphatic carbocycles. The van der Waals surface area contributed by atoms with Gasteiger partial charge in [-0.1, -0.05) is 0 Å². The summed E-state index contributed by atoms with van der Waals surface area (Å²) in [5.41, 5.74) is 3.06. The Labute approximate surface area is 194 Å². The predicted molar refractivity (Wildman–Crippen MR) is 123 cm³/mol. The maximum Gasteiger partial charge on any atom is 0.257 e. The van der Waals surface area contributed by atoms with Gasteiger partial charge in [-0.15, -0.1) is 0 Å². The number of nitrogens with one attached hydrogen (secondary N) is 2. The third-order valence-corrected chi connectivity index (χ3v) is 6.78. The van der Waals surface area contributed by atoms with Crippen LogP contribution >= 0.6 is 0 Å². The van der Waals surface area contributed by atoms with Crippen LogP contribution in [0.4, 0.5) is 5.82 Å². The maximum atomic E-state index is 12.9. The molecule has 0 bridgehead atoms. The number of hydrogen-bond donors (Lipinski definition) is 4. The fourth-order valence-electron chi connectivity index (χ4n) is 4.66. The minimum absolute atomic E-state index is 0.207. The highest BCUT2D eigenvalue weighted by molar-refractivity contribution is 6.00. The average Bonchev–Trinajstić information content (AvgIpc) is 3.58. The number of nitrogens with zero attached hydrogens (tertiary/aromatic N) is 5. The van der Waals surface area contributed by atoms with E-state index >= 15 is 0 Å². The molecule has 1 saturated carbocycles. The molecule has 1 amide bonds. The normalized spacial score (nSPS) is 24.4. The van der Waals surface area contributed by atoms with E-state index < -0.39 is 12.2 Å². The lowest BCUT2D eigenvalue weighted by Gasteiger charge is -2.32. The van der Waals surface area contributed by atoms with Crippen LogP contribution in [0.2, 0.25) is 0 Å². The van der Waals surface area contributed by atoms with Gasteiger partial charge in [0.2, 0.25) is 0 Å². The zero-order valence-electron chi connectivity index (χ0n) is 18.5. The SMILES string of the molecule is CNc1cc(-c2cnc3n([C@H]4COC[C@@H]4O)cccc2-3)nc2c(C(=O)N[C@H]3CC[C@H]3O)cnn12. The van der Waals surface area contributed by atoms with Gasteiger partial charge in [-0.05, 0) is 25.0 Å². The molecular formula is C23H25N7O4. The molecule has 4 aliphatic rings. The number of aliphatic hydroxyl groups is 2. The van der Waals surface area contributed by atoms with Crippen LogP contribution in [-0.2, 0) is 4.74 Å². The van der Waals surface area contributed by atoms with Gasteiger partial charge in [0.1, 0.15) is 23.3 Å². The molecule has 2 aromatic heterocycles. The number of anilines is 1. The van der Waals surface area contributed by atoms with Gasteiger partial charge in [0, 0.05) is 36.6 Å². The van der Waals surface area contributed by atoms with E-state index in [-0.39, 0.29) is 18.0 Å².